The van der Waals surface area contributed by atoms with Crippen molar-refractivity contribution in [2.24, 2.45) is 7.05 Å². The Morgan fingerprint density at radius 1 is 1.21 bits per heavy atom. The molecule has 0 saturated carbocycles. The third-order valence-corrected chi connectivity index (χ3v) is 7.00. The average molecular weight is 405 g/mol. The molecule has 1 aliphatic carbocycles. The average Bonchev–Trinajstić information content (AvgIpc) is 2.98. The predicted octanol–water partition coefficient (Wildman–Crippen LogP) is 1.93. The maximum atomic E-state index is 11.7. The Kier molecular flexibility index (Phi) is 4.91. The monoisotopic (exact) mass is 404 g/mol. The molecule has 152 valence electrons. The SMILES string of the molecule is CC(C)c1c2c(nn1C)CCc1cnc(NC3CCN(S(C)(=O)=O)CC3)nc1-2. The highest BCUT2D eigenvalue weighted by Gasteiger charge is 2.29. The molecule has 0 aromatic carbocycles. The third kappa shape index (κ3) is 3.53. The van der Waals surface area contributed by atoms with Gasteiger partial charge in [-0.15, -0.1) is 0 Å². The molecule has 0 amide bonds. The van der Waals surface area contributed by atoms with Gasteiger partial charge in [0.2, 0.25) is 16.0 Å². The van der Waals surface area contributed by atoms with Crippen LogP contribution in [0.25, 0.3) is 11.3 Å². The second-order valence-electron chi connectivity index (χ2n) is 8.13. The molecule has 2 aliphatic rings. The first-order chi connectivity index (χ1) is 13.2. The molecule has 2 aromatic heterocycles. The number of piperidine rings is 1. The summed E-state index contributed by atoms with van der Waals surface area (Å²) in [5.74, 6) is 0.974. The molecular weight excluding hydrogens is 376 g/mol. The maximum Gasteiger partial charge on any atom is 0.223 e. The van der Waals surface area contributed by atoms with Crippen molar-refractivity contribution in [2.75, 3.05) is 24.7 Å². The van der Waals surface area contributed by atoms with E-state index in [-0.39, 0.29) is 6.04 Å². The first-order valence-electron chi connectivity index (χ1n) is 9.87. The van der Waals surface area contributed by atoms with E-state index in [0.717, 1.165) is 42.6 Å². The number of rotatable bonds is 4. The topological polar surface area (TPSA) is 93.0 Å². The molecule has 0 bridgehead atoms. The van der Waals surface area contributed by atoms with Crippen molar-refractivity contribution in [1.29, 1.82) is 0 Å². The minimum Gasteiger partial charge on any atom is -0.351 e. The minimum absolute atomic E-state index is 0.178. The summed E-state index contributed by atoms with van der Waals surface area (Å²) >= 11 is 0. The lowest BCUT2D eigenvalue weighted by Gasteiger charge is -2.30. The van der Waals surface area contributed by atoms with Gasteiger partial charge in [-0.1, -0.05) is 13.8 Å². The zero-order valence-corrected chi connectivity index (χ0v) is 17.8. The third-order valence-electron chi connectivity index (χ3n) is 5.70. The van der Waals surface area contributed by atoms with Crippen LogP contribution in [0.15, 0.2) is 6.20 Å². The molecule has 0 unspecified atom stereocenters. The molecule has 1 N–H and O–H groups in total. The van der Waals surface area contributed by atoms with E-state index < -0.39 is 10.0 Å². The smallest absolute Gasteiger partial charge is 0.223 e. The van der Waals surface area contributed by atoms with Gasteiger partial charge in [0.05, 0.1) is 23.3 Å². The molecule has 2 aromatic rings. The van der Waals surface area contributed by atoms with Crippen LogP contribution in [0.4, 0.5) is 5.95 Å². The maximum absolute atomic E-state index is 11.7. The highest BCUT2D eigenvalue weighted by molar-refractivity contribution is 7.88. The van der Waals surface area contributed by atoms with E-state index in [1.165, 1.54) is 21.8 Å². The van der Waals surface area contributed by atoms with Crippen molar-refractivity contribution in [3.63, 3.8) is 0 Å². The van der Waals surface area contributed by atoms with Gasteiger partial charge < -0.3 is 5.32 Å². The van der Waals surface area contributed by atoms with Gasteiger partial charge in [0.15, 0.2) is 0 Å². The summed E-state index contributed by atoms with van der Waals surface area (Å²) < 4.78 is 26.9. The van der Waals surface area contributed by atoms with Gasteiger partial charge in [-0.3, -0.25) is 4.68 Å². The Hall–Kier alpha value is -2.00. The van der Waals surface area contributed by atoms with Crippen molar-refractivity contribution >= 4 is 16.0 Å². The molecule has 8 nitrogen and oxygen atoms in total. The normalized spacial score (nSPS) is 18.2. The lowest BCUT2D eigenvalue weighted by atomic mass is 9.90. The molecule has 3 heterocycles. The van der Waals surface area contributed by atoms with Crippen LogP contribution in [-0.4, -0.2) is 57.9 Å². The molecular formula is C19H28N6O2S. The molecule has 1 aliphatic heterocycles. The molecule has 0 spiro atoms. The van der Waals surface area contributed by atoms with Crippen molar-refractivity contribution in [1.82, 2.24) is 24.1 Å². The van der Waals surface area contributed by atoms with E-state index in [4.69, 9.17) is 10.1 Å². The van der Waals surface area contributed by atoms with Gasteiger partial charge in [-0.25, -0.2) is 22.7 Å². The van der Waals surface area contributed by atoms with Crippen LogP contribution in [0, 0.1) is 0 Å². The number of sulfonamides is 1. The van der Waals surface area contributed by atoms with E-state index in [9.17, 15) is 8.42 Å². The standard InChI is InChI=1S/C19H28N6O2S/c1-12(2)18-16-15(23-24(18)3)6-5-13-11-20-19(22-17(13)16)21-14-7-9-25(10-8-14)28(4,26)27/h11-12,14H,5-10H2,1-4H3,(H,20,21,22). The lowest BCUT2D eigenvalue weighted by molar-refractivity contribution is 0.331. The van der Waals surface area contributed by atoms with E-state index >= 15 is 0 Å². The lowest BCUT2D eigenvalue weighted by Crippen LogP contribution is -2.42. The summed E-state index contributed by atoms with van der Waals surface area (Å²) in [4.78, 5) is 9.39. The van der Waals surface area contributed by atoms with Gasteiger partial charge in [0.25, 0.3) is 0 Å². The number of hydrogen-bond donors (Lipinski definition) is 1. The Morgan fingerprint density at radius 2 is 1.93 bits per heavy atom. The van der Waals surface area contributed by atoms with E-state index in [1.807, 2.05) is 17.9 Å². The second-order valence-corrected chi connectivity index (χ2v) is 10.1. The van der Waals surface area contributed by atoms with Crippen LogP contribution in [0.2, 0.25) is 0 Å². The van der Waals surface area contributed by atoms with Crippen LogP contribution >= 0.6 is 0 Å². The van der Waals surface area contributed by atoms with Gasteiger partial charge in [0.1, 0.15) is 0 Å². The summed E-state index contributed by atoms with van der Waals surface area (Å²) in [6, 6.07) is 0.178. The molecule has 1 fully saturated rings. The van der Waals surface area contributed by atoms with Crippen LogP contribution in [0.5, 0.6) is 0 Å². The van der Waals surface area contributed by atoms with Crippen molar-refractivity contribution in [3.8, 4) is 11.3 Å². The first-order valence-corrected chi connectivity index (χ1v) is 11.7. The number of anilines is 1. The number of aryl methyl sites for hydroxylation is 3. The Bertz CT molecular complexity index is 990. The van der Waals surface area contributed by atoms with Crippen molar-refractivity contribution in [2.45, 2.75) is 51.5 Å². The molecule has 0 radical (unpaired) electrons. The zero-order chi connectivity index (χ0) is 20.1. The highest BCUT2D eigenvalue weighted by atomic mass is 32.2. The summed E-state index contributed by atoms with van der Waals surface area (Å²) in [6.45, 7) is 5.43. The van der Waals surface area contributed by atoms with Crippen LogP contribution < -0.4 is 5.32 Å². The predicted molar refractivity (Wildman–Crippen MR) is 109 cm³/mol. The Morgan fingerprint density at radius 3 is 2.57 bits per heavy atom. The Labute approximate surface area is 166 Å². The first kappa shape index (κ1) is 19.3. The minimum atomic E-state index is -3.11. The van der Waals surface area contributed by atoms with Crippen LogP contribution in [0.3, 0.4) is 0 Å². The Balaban J connectivity index is 1.58. The molecule has 9 heteroatoms. The van der Waals surface area contributed by atoms with E-state index in [0.29, 0.717) is 25.0 Å². The fraction of sp³-hybridized carbons (Fsp3) is 0.632. The molecule has 4 rings (SSSR count). The molecule has 0 atom stereocenters. The number of fused-ring (bicyclic) bond motifs is 3. The van der Waals surface area contributed by atoms with Gasteiger partial charge in [-0.2, -0.15) is 5.10 Å². The van der Waals surface area contributed by atoms with Crippen molar-refractivity contribution < 1.29 is 8.42 Å². The van der Waals surface area contributed by atoms with Gasteiger partial charge >= 0.3 is 0 Å². The highest BCUT2D eigenvalue weighted by Crippen LogP contribution is 2.37. The fourth-order valence-electron chi connectivity index (χ4n) is 4.33. The zero-order valence-electron chi connectivity index (χ0n) is 16.9. The van der Waals surface area contributed by atoms with E-state index in [1.54, 1.807) is 0 Å². The molecule has 1 saturated heterocycles. The van der Waals surface area contributed by atoms with Gasteiger partial charge in [0, 0.05) is 37.9 Å². The fourth-order valence-corrected chi connectivity index (χ4v) is 5.21. The summed E-state index contributed by atoms with van der Waals surface area (Å²) in [5, 5.41) is 8.14. The summed E-state index contributed by atoms with van der Waals surface area (Å²) in [6.07, 6.45) is 6.53. The van der Waals surface area contributed by atoms with Crippen molar-refractivity contribution in [3.05, 3.63) is 23.1 Å². The molecule has 28 heavy (non-hydrogen) atoms. The number of nitrogens with zero attached hydrogens (tertiary/aromatic N) is 5. The van der Waals surface area contributed by atoms with Gasteiger partial charge in [-0.05, 0) is 37.2 Å². The van der Waals surface area contributed by atoms with Crippen LogP contribution in [0.1, 0.15) is 49.6 Å². The largest absolute Gasteiger partial charge is 0.351 e. The number of hydrogen-bond acceptors (Lipinski definition) is 6. The number of nitrogens with one attached hydrogen (secondary N) is 1. The number of aromatic nitrogens is 4. The summed E-state index contributed by atoms with van der Waals surface area (Å²) in [7, 11) is -1.11. The quantitative estimate of drug-likeness (QED) is 0.837. The second kappa shape index (κ2) is 7.11. The summed E-state index contributed by atoms with van der Waals surface area (Å²) in [5.41, 5.74) is 5.65. The van der Waals surface area contributed by atoms with E-state index in [2.05, 4.69) is 24.1 Å². The van der Waals surface area contributed by atoms with Crippen LogP contribution in [-0.2, 0) is 29.9 Å².